The predicted molar refractivity (Wildman–Crippen MR) is 130 cm³/mol. The lowest BCUT2D eigenvalue weighted by Crippen LogP contribution is -2.38. The molecular weight excluding hydrogens is 458 g/mol. The van der Waals surface area contributed by atoms with Crippen LogP contribution in [0.1, 0.15) is 12.0 Å². The van der Waals surface area contributed by atoms with Crippen molar-refractivity contribution < 1.29 is 23.8 Å². The van der Waals surface area contributed by atoms with Crippen LogP contribution in [0.15, 0.2) is 42.5 Å². The first kappa shape index (κ1) is 24.3. The van der Waals surface area contributed by atoms with Gasteiger partial charge in [-0.1, -0.05) is 23.7 Å². The Kier molecular flexibility index (Phi) is 8.26. The molecule has 0 bridgehead atoms. The molecule has 0 radical (unpaired) electrons. The first-order chi connectivity index (χ1) is 16.5. The topological polar surface area (TPSA) is 80.3 Å². The van der Waals surface area contributed by atoms with Crippen molar-refractivity contribution >= 4 is 29.1 Å². The van der Waals surface area contributed by atoms with Crippen LogP contribution in [0.25, 0.3) is 0 Å². The molecule has 8 nitrogen and oxygen atoms in total. The van der Waals surface area contributed by atoms with E-state index in [4.69, 9.17) is 25.8 Å². The summed E-state index contributed by atoms with van der Waals surface area (Å²) in [4.78, 5) is 29.3. The molecule has 2 saturated heterocycles. The van der Waals surface area contributed by atoms with Gasteiger partial charge in [0.05, 0.1) is 31.9 Å². The summed E-state index contributed by atoms with van der Waals surface area (Å²) in [5, 5.41) is 3.46. The number of carbonyl (C=O) groups is 2. The molecule has 2 fully saturated rings. The quantitative estimate of drug-likeness (QED) is 0.586. The van der Waals surface area contributed by atoms with E-state index in [0.717, 1.165) is 44.2 Å². The average Bonchev–Trinajstić information content (AvgIpc) is 3.25. The standard InChI is InChI=1S/C25H30ClN3O5/c1-32-23-6-5-20(26)15-22(23)29-17-19(14-24(29)30)25(31)27-16-18-3-2-4-21(13-18)34-12-9-28-7-10-33-11-8-28/h2-6,13,15,19H,7-12,14,16-17H2,1H3,(H,27,31). The maximum atomic E-state index is 12.8. The normalized spacial score (nSPS) is 18.7. The fourth-order valence-electron chi connectivity index (χ4n) is 4.19. The molecule has 0 aliphatic carbocycles. The summed E-state index contributed by atoms with van der Waals surface area (Å²) in [5.41, 5.74) is 1.52. The largest absolute Gasteiger partial charge is 0.495 e. The number of halogens is 1. The predicted octanol–water partition coefficient (Wildman–Crippen LogP) is 2.73. The zero-order valence-electron chi connectivity index (χ0n) is 19.3. The van der Waals surface area contributed by atoms with Crippen LogP contribution >= 0.6 is 11.6 Å². The van der Waals surface area contributed by atoms with Crippen molar-refractivity contribution in [2.45, 2.75) is 13.0 Å². The molecule has 9 heteroatoms. The van der Waals surface area contributed by atoms with Crippen LogP contribution in [0.4, 0.5) is 5.69 Å². The zero-order valence-corrected chi connectivity index (χ0v) is 20.1. The van der Waals surface area contributed by atoms with E-state index in [-0.39, 0.29) is 24.8 Å². The molecule has 0 spiro atoms. The third-order valence-corrected chi connectivity index (χ3v) is 6.31. The number of nitrogens with one attached hydrogen (secondary N) is 1. The first-order valence-electron chi connectivity index (χ1n) is 11.5. The minimum Gasteiger partial charge on any atom is -0.495 e. The molecule has 2 aliphatic heterocycles. The Bertz CT molecular complexity index is 1010. The summed E-state index contributed by atoms with van der Waals surface area (Å²) in [5.74, 6) is 0.593. The molecule has 2 aromatic rings. The first-order valence-corrected chi connectivity index (χ1v) is 11.8. The number of hydrogen-bond acceptors (Lipinski definition) is 6. The number of ether oxygens (including phenoxy) is 3. The molecule has 2 amide bonds. The number of methoxy groups -OCH3 is 1. The number of benzene rings is 2. The van der Waals surface area contributed by atoms with Gasteiger partial charge in [0.15, 0.2) is 0 Å². The molecule has 1 atom stereocenters. The summed E-state index contributed by atoms with van der Waals surface area (Å²) < 4.78 is 16.6. The highest BCUT2D eigenvalue weighted by Gasteiger charge is 2.36. The highest BCUT2D eigenvalue weighted by molar-refractivity contribution is 6.31. The zero-order chi connectivity index (χ0) is 23.9. The Morgan fingerprint density at radius 2 is 2.03 bits per heavy atom. The van der Waals surface area contributed by atoms with Crippen molar-refractivity contribution in [2.75, 3.05) is 58.0 Å². The Labute approximate surface area is 204 Å². The van der Waals surface area contributed by atoms with Gasteiger partial charge in [0.2, 0.25) is 11.8 Å². The summed E-state index contributed by atoms with van der Waals surface area (Å²) in [7, 11) is 1.54. The van der Waals surface area contributed by atoms with Crippen molar-refractivity contribution in [2.24, 2.45) is 5.92 Å². The molecule has 182 valence electrons. The van der Waals surface area contributed by atoms with Gasteiger partial charge in [0.25, 0.3) is 0 Å². The van der Waals surface area contributed by atoms with E-state index in [2.05, 4.69) is 10.2 Å². The Morgan fingerprint density at radius 1 is 1.21 bits per heavy atom. The van der Waals surface area contributed by atoms with E-state index in [1.54, 1.807) is 23.1 Å². The van der Waals surface area contributed by atoms with Gasteiger partial charge in [-0.2, -0.15) is 0 Å². The minimum atomic E-state index is -0.441. The average molecular weight is 488 g/mol. The van der Waals surface area contributed by atoms with Gasteiger partial charge in [-0.15, -0.1) is 0 Å². The molecule has 0 saturated carbocycles. The number of rotatable bonds is 9. The third kappa shape index (κ3) is 6.20. The van der Waals surface area contributed by atoms with Crippen LogP contribution in [0.2, 0.25) is 5.02 Å². The third-order valence-electron chi connectivity index (χ3n) is 6.07. The second kappa shape index (κ2) is 11.6. The van der Waals surface area contributed by atoms with E-state index < -0.39 is 5.92 Å². The van der Waals surface area contributed by atoms with Crippen LogP contribution in [0.3, 0.4) is 0 Å². The highest BCUT2D eigenvalue weighted by atomic mass is 35.5. The number of amides is 2. The van der Waals surface area contributed by atoms with Crippen LogP contribution in [0, 0.1) is 5.92 Å². The second-order valence-corrected chi connectivity index (χ2v) is 8.83. The van der Waals surface area contributed by atoms with Gasteiger partial charge in [-0.05, 0) is 35.9 Å². The molecule has 34 heavy (non-hydrogen) atoms. The van der Waals surface area contributed by atoms with Gasteiger partial charge in [-0.3, -0.25) is 14.5 Å². The molecule has 2 aliphatic rings. The molecule has 1 N–H and O–H groups in total. The lowest BCUT2D eigenvalue weighted by atomic mass is 10.1. The van der Waals surface area contributed by atoms with Crippen LogP contribution in [-0.4, -0.2) is 69.8 Å². The van der Waals surface area contributed by atoms with Crippen molar-refractivity contribution in [3.63, 3.8) is 0 Å². The van der Waals surface area contributed by atoms with Gasteiger partial charge in [0.1, 0.15) is 18.1 Å². The van der Waals surface area contributed by atoms with Gasteiger partial charge < -0.3 is 24.4 Å². The summed E-state index contributed by atoms with van der Waals surface area (Å²) in [6.07, 6.45) is 0.145. The molecule has 2 heterocycles. The fourth-order valence-corrected chi connectivity index (χ4v) is 4.35. The summed E-state index contributed by atoms with van der Waals surface area (Å²) >= 11 is 6.11. The van der Waals surface area contributed by atoms with Gasteiger partial charge >= 0.3 is 0 Å². The highest BCUT2D eigenvalue weighted by Crippen LogP contribution is 2.35. The van der Waals surface area contributed by atoms with E-state index in [1.165, 1.54) is 7.11 Å². The van der Waals surface area contributed by atoms with Crippen LogP contribution < -0.4 is 19.7 Å². The van der Waals surface area contributed by atoms with Crippen molar-refractivity contribution in [1.82, 2.24) is 10.2 Å². The number of carbonyl (C=O) groups excluding carboxylic acids is 2. The Hall–Kier alpha value is -2.81. The maximum Gasteiger partial charge on any atom is 0.227 e. The second-order valence-electron chi connectivity index (χ2n) is 8.39. The summed E-state index contributed by atoms with van der Waals surface area (Å²) in [6.45, 7) is 5.51. The van der Waals surface area contributed by atoms with Crippen LogP contribution in [0.5, 0.6) is 11.5 Å². The Morgan fingerprint density at radius 3 is 2.82 bits per heavy atom. The van der Waals surface area contributed by atoms with Crippen molar-refractivity contribution in [1.29, 1.82) is 0 Å². The monoisotopic (exact) mass is 487 g/mol. The SMILES string of the molecule is COc1ccc(Cl)cc1N1CC(C(=O)NCc2cccc(OCCN3CCOCC3)c2)CC1=O. The van der Waals surface area contributed by atoms with E-state index in [1.807, 2.05) is 24.3 Å². The fraction of sp³-hybridized carbons (Fsp3) is 0.440. The number of morpholine rings is 1. The number of hydrogen-bond donors (Lipinski definition) is 1. The number of nitrogens with zero attached hydrogens (tertiary/aromatic N) is 2. The van der Waals surface area contributed by atoms with Crippen molar-refractivity contribution in [3.8, 4) is 11.5 Å². The molecule has 4 rings (SSSR count). The van der Waals surface area contributed by atoms with Gasteiger partial charge in [0, 0.05) is 44.2 Å². The van der Waals surface area contributed by atoms with Crippen molar-refractivity contribution in [3.05, 3.63) is 53.1 Å². The van der Waals surface area contributed by atoms with Crippen LogP contribution in [-0.2, 0) is 20.9 Å². The van der Waals surface area contributed by atoms with E-state index in [0.29, 0.717) is 29.6 Å². The molecule has 2 aromatic carbocycles. The van der Waals surface area contributed by atoms with E-state index >= 15 is 0 Å². The Balaban J connectivity index is 1.28. The molecular formula is C25H30ClN3O5. The lowest BCUT2D eigenvalue weighted by molar-refractivity contribution is -0.126. The molecule has 0 aromatic heterocycles. The number of anilines is 1. The smallest absolute Gasteiger partial charge is 0.227 e. The van der Waals surface area contributed by atoms with Gasteiger partial charge in [-0.25, -0.2) is 0 Å². The maximum absolute atomic E-state index is 12.8. The molecule has 1 unspecified atom stereocenters. The lowest BCUT2D eigenvalue weighted by Gasteiger charge is -2.26. The minimum absolute atomic E-state index is 0.128. The van der Waals surface area contributed by atoms with E-state index in [9.17, 15) is 9.59 Å². The summed E-state index contributed by atoms with van der Waals surface area (Å²) in [6, 6.07) is 12.8.